The Morgan fingerprint density at radius 2 is 1.60 bits per heavy atom. The molecule has 0 bridgehead atoms. The Morgan fingerprint density at radius 3 is 2.27 bits per heavy atom. The molecule has 0 radical (unpaired) electrons. The number of benzene rings is 2. The van der Waals surface area contributed by atoms with Gasteiger partial charge in [-0.15, -0.1) is 0 Å². The molecule has 2 aliphatic heterocycles. The van der Waals surface area contributed by atoms with Crippen molar-refractivity contribution in [2.45, 2.75) is 44.8 Å². The monoisotopic (exact) mass is 408 g/mol. The van der Waals surface area contributed by atoms with Gasteiger partial charge in [0.15, 0.2) is 0 Å². The Morgan fingerprint density at radius 1 is 0.933 bits per heavy atom. The zero-order valence-corrected chi connectivity index (χ0v) is 17.8. The van der Waals surface area contributed by atoms with E-state index in [4.69, 9.17) is 9.47 Å². The van der Waals surface area contributed by atoms with E-state index in [1.807, 2.05) is 59.5 Å². The van der Waals surface area contributed by atoms with Crippen molar-refractivity contribution in [1.29, 1.82) is 0 Å². The molecular weight excluding hydrogens is 376 g/mol. The van der Waals surface area contributed by atoms with Gasteiger partial charge in [-0.3, -0.25) is 9.69 Å². The van der Waals surface area contributed by atoms with Gasteiger partial charge in [-0.1, -0.05) is 18.2 Å². The summed E-state index contributed by atoms with van der Waals surface area (Å²) in [5.41, 5.74) is 0.756. The minimum Gasteiger partial charge on any atom is -0.492 e. The van der Waals surface area contributed by atoms with Crippen molar-refractivity contribution in [1.82, 2.24) is 9.80 Å². The summed E-state index contributed by atoms with van der Waals surface area (Å²) >= 11 is 0. The van der Waals surface area contributed by atoms with Crippen LogP contribution in [0.15, 0.2) is 54.6 Å². The first kappa shape index (κ1) is 20.7. The minimum atomic E-state index is 0.138. The number of amides is 1. The molecule has 0 N–H and O–H groups in total. The average molecular weight is 409 g/mol. The lowest BCUT2D eigenvalue weighted by atomic mass is 10.1. The molecule has 2 aromatic rings. The number of ether oxygens (including phenoxy) is 2. The average Bonchev–Trinajstić information content (AvgIpc) is 3.34. The molecule has 0 spiro atoms. The highest BCUT2D eigenvalue weighted by atomic mass is 16.5. The van der Waals surface area contributed by atoms with Crippen LogP contribution in [0, 0.1) is 0 Å². The molecule has 2 fully saturated rings. The smallest absolute Gasteiger partial charge is 0.253 e. The molecule has 1 atom stereocenters. The molecule has 5 nitrogen and oxygen atoms in total. The van der Waals surface area contributed by atoms with Crippen LogP contribution in [-0.2, 0) is 0 Å². The predicted octanol–water partition coefficient (Wildman–Crippen LogP) is 4.23. The van der Waals surface area contributed by atoms with E-state index < -0.39 is 0 Å². The molecule has 1 amide bonds. The van der Waals surface area contributed by atoms with Gasteiger partial charge >= 0.3 is 0 Å². The van der Waals surface area contributed by atoms with Gasteiger partial charge in [-0.05, 0) is 69.0 Å². The first-order valence-electron chi connectivity index (χ1n) is 11.2. The van der Waals surface area contributed by atoms with Crippen molar-refractivity contribution in [3.05, 3.63) is 60.2 Å². The van der Waals surface area contributed by atoms with Crippen LogP contribution in [0.25, 0.3) is 0 Å². The number of piperidine rings is 1. The quantitative estimate of drug-likeness (QED) is 0.687. The number of carbonyl (C=O) groups excluding carboxylic acids is 1. The van der Waals surface area contributed by atoms with Crippen molar-refractivity contribution in [3.8, 4) is 11.5 Å². The van der Waals surface area contributed by atoms with E-state index in [9.17, 15) is 4.79 Å². The van der Waals surface area contributed by atoms with Crippen LogP contribution in [0.2, 0.25) is 0 Å². The molecule has 2 saturated heterocycles. The van der Waals surface area contributed by atoms with Crippen molar-refractivity contribution >= 4 is 5.91 Å². The third-order valence-corrected chi connectivity index (χ3v) is 6.13. The van der Waals surface area contributed by atoms with Crippen LogP contribution in [0.3, 0.4) is 0 Å². The van der Waals surface area contributed by atoms with Crippen LogP contribution < -0.4 is 9.47 Å². The molecule has 5 heteroatoms. The largest absolute Gasteiger partial charge is 0.492 e. The highest BCUT2D eigenvalue weighted by Gasteiger charge is 2.24. The summed E-state index contributed by atoms with van der Waals surface area (Å²) in [6.45, 7) is 6.70. The summed E-state index contributed by atoms with van der Waals surface area (Å²) in [5.74, 6) is 1.92. The van der Waals surface area contributed by atoms with Crippen LogP contribution in [0.4, 0.5) is 0 Å². The lowest BCUT2D eigenvalue weighted by Gasteiger charge is -2.35. The van der Waals surface area contributed by atoms with Crippen molar-refractivity contribution in [3.63, 3.8) is 0 Å². The van der Waals surface area contributed by atoms with Gasteiger partial charge in [-0.2, -0.15) is 0 Å². The normalized spacial score (nSPS) is 18.9. The van der Waals surface area contributed by atoms with Gasteiger partial charge in [0.2, 0.25) is 0 Å². The van der Waals surface area contributed by atoms with E-state index in [0.717, 1.165) is 68.9 Å². The van der Waals surface area contributed by atoms with Gasteiger partial charge in [-0.25, -0.2) is 0 Å². The number of nitrogens with zero attached hydrogens (tertiary/aromatic N) is 2. The van der Waals surface area contributed by atoms with E-state index in [-0.39, 0.29) is 12.0 Å². The molecule has 30 heavy (non-hydrogen) atoms. The number of likely N-dealkylation sites (tertiary alicyclic amines) is 2. The molecule has 0 aromatic heterocycles. The van der Waals surface area contributed by atoms with E-state index in [0.29, 0.717) is 12.6 Å². The van der Waals surface area contributed by atoms with Crippen LogP contribution in [0.5, 0.6) is 11.5 Å². The van der Waals surface area contributed by atoms with Gasteiger partial charge in [0.1, 0.15) is 24.2 Å². The van der Waals surface area contributed by atoms with E-state index in [1.54, 1.807) is 0 Å². The van der Waals surface area contributed by atoms with Crippen molar-refractivity contribution < 1.29 is 14.3 Å². The maximum Gasteiger partial charge on any atom is 0.253 e. The number of rotatable bonds is 7. The topological polar surface area (TPSA) is 42.0 Å². The SMILES string of the molecule is CC(COc1ccccc1)N1CCC(Oc2ccc(C(=O)N3CCCC3)cc2)CC1. The Kier molecular flexibility index (Phi) is 6.90. The summed E-state index contributed by atoms with van der Waals surface area (Å²) in [5, 5.41) is 0. The fourth-order valence-electron chi connectivity index (χ4n) is 4.24. The van der Waals surface area contributed by atoms with E-state index in [1.165, 1.54) is 0 Å². The number of para-hydroxylation sites is 1. The molecule has 2 aliphatic rings. The number of hydrogen-bond acceptors (Lipinski definition) is 4. The maximum atomic E-state index is 12.5. The second-order valence-corrected chi connectivity index (χ2v) is 8.35. The standard InChI is InChI=1S/C25H32N2O3/c1-20(19-29-22-7-3-2-4-8-22)26-17-13-24(14-18-26)30-23-11-9-21(10-12-23)25(28)27-15-5-6-16-27/h2-4,7-12,20,24H,5-6,13-19H2,1H3. The summed E-state index contributed by atoms with van der Waals surface area (Å²) in [6.07, 6.45) is 4.46. The number of hydrogen-bond donors (Lipinski definition) is 0. The molecule has 4 rings (SSSR count). The van der Waals surface area contributed by atoms with Crippen LogP contribution >= 0.6 is 0 Å². The van der Waals surface area contributed by atoms with Gasteiger partial charge in [0.05, 0.1) is 0 Å². The van der Waals surface area contributed by atoms with E-state index >= 15 is 0 Å². The molecule has 0 saturated carbocycles. The summed E-state index contributed by atoms with van der Waals surface area (Å²) in [7, 11) is 0. The van der Waals surface area contributed by atoms with Crippen molar-refractivity contribution in [2.75, 3.05) is 32.8 Å². The highest BCUT2D eigenvalue weighted by molar-refractivity contribution is 5.94. The Balaban J connectivity index is 1.21. The predicted molar refractivity (Wildman–Crippen MR) is 118 cm³/mol. The Hall–Kier alpha value is -2.53. The van der Waals surface area contributed by atoms with Gasteiger partial charge in [0, 0.05) is 37.8 Å². The van der Waals surface area contributed by atoms with E-state index in [2.05, 4.69) is 11.8 Å². The second-order valence-electron chi connectivity index (χ2n) is 8.35. The molecule has 2 heterocycles. The zero-order chi connectivity index (χ0) is 20.8. The molecule has 1 unspecified atom stereocenters. The van der Waals surface area contributed by atoms with Gasteiger partial charge < -0.3 is 14.4 Å². The lowest BCUT2D eigenvalue weighted by Crippen LogP contribution is -2.45. The number of carbonyl (C=O) groups is 1. The molecule has 0 aliphatic carbocycles. The summed E-state index contributed by atoms with van der Waals surface area (Å²) in [4.78, 5) is 16.9. The van der Waals surface area contributed by atoms with Crippen molar-refractivity contribution in [2.24, 2.45) is 0 Å². The Labute approximate surface area is 179 Å². The summed E-state index contributed by atoms with van der Waals surface area (Å²) < 4.78 is 12.1. The first-order valence-corrected chi connectivity index (χ1v) is 11.2. The minimum absolute atomic E-state index is 0.138. The maximum absolute atomic E-state index is 12.5. The highest BCUT2D eigenvalue weighted by Crippen LogP contribution is 2.22. The van der Waals surface area contributed by atoms with Gasteiger partial charge in [0.25, 0.3) is 5.91 Å². The fraction of sp³-hybridized carbons (Fsp3) is 0.480. The fourth-order valence-corrected chi connectivity index (χ4v) is 4.24. The lowest BCUT2D eigenvalue weighted by molar-refractivity contribution is 0.0637. The van der Waals surface area contributed by atoms with Crippen LogP contribution in [0.1, 0.15) is 43.0 Å². The zero-order valence-electron chi connectivity index (χ0n) is 17.8. The third kappa shape index (κ3) is 5.33. The molecule has 2 aromatic carbocycles. The third-order valence-electron chi connectivity index (χ3n) is 6.13. The molecule has 160 valence electrons. The second kappa shape index (κ2) is 9.98. The first-order chi connectivity index (χ1) is 14.7. The molecular formula is C25H32N2O3. The van der Waals surface area contributed by atoms with Crippen LogP contribution in [-0.4, -0.2) is 60.6 Å². The summed E-state index contributed by atoms with van der Waals surface area (Å²) in [6, 6.07) is 18.0. The Bertz CT molecular complexity index is 795.